The minimum absolute atomic E-state index is 0.0191. The van der Waals surface area contributed by atoms with Crippen molar-refractivity contribution in [2.75, 3.05) is 7.05 Å². The van der Waals surface area contributed by atoms with E-state index in [1.165, 1.54) is 0 Å². The number of hydrogen-bond acceptors (Lipinski definition) is 5. The summed E-state index contributed by atoms with van der Waals surface area (Å²) < 4.78 is 2.49. The molecule has 0 aliphatic carbocycles. The molecule has 0 aromatic carbocycles. The maximum absolute atomic E-state index is 4.29. The van der Waals surface area contributed by atoms with Crippen molar-refractivity contribution in [1.82, 2.24) is 25.3 Å². The Hall–Kier alpha value is -0.790. The van der Waals surface area contributed by atoms with Gasteiger partial charge in [-0.3, -0.25) is 0 Å². The molecule has 0 aliphatic heterocycles. The van der Waals surface area contributed by atoms with Crippen LogP contribution in [0.5, 0.6) is 0 Å². The predicted octanol–water partition coefficient (Wildman–Crippen LogP) is 1.34. The first-order valence-corrected chi connectivity index (χ1v) is 6.08. The van der Waals surface area contributed by atoms with Gasteiger partial charge in [-0.25, -0.2) is 9.67 Å². The van der Waals surface area contributed by atoms with E-state index in [1.807, 2.05) is 25.0 Å². The Bertz CT molecular complexity index is 418. The summed E-state index contributed by atoms with van der Waals surface area (Å²) >= 11 is 4.96. The monoisotopic (exact) mass is 287 g/mol. The lowest BCUT2D eigenvalue weighted by molar-refractivity contribution is 0.589. The summed E-state index contributed by atoms with van der Waals surface area (Å²) in [4.78, 5) is 4.29. The van der Waals surface area contributed by atoms with E-state index in [-0.39, 0.29) is 6.04 Å². The Balaban J connectivity index is 2.44. The Kier molecular flexibility index (Phi) is 3.13. The zero-order chi connectivity index (χ0) is 10.8. The third-order valence-electron chi connectivity index (χ3n) is 2.14. The van der Waals surface area contributed by atoms with Crippen molar-refractivity contribution in [3.8, 4) is 0 Å². The predicted molar refractivity (Wildman–Crippen MR) is 61.7 cm³/mol. The maximum Gasteiger partial charge on any atom is 0.153 e. The quantitative estimate of drug-likeness (QED) is 0.926. The van der Waals surface area contributed by atoms with E-state index in [0.717, 1.165) is 16.0 Å². The summed E-state index contributed by atoms with van der Waals surface area (Å²) in [5, 5.41) is 13.1. The molecule has 0 bridgehead atoms. The lowest BCUT2D eigenvalue weighted by Gasteiger charge is -2.13. The van der Waals surface area contributed by atoms with Gasteiger partial charge in [-0.05, 0) is 23.0 Å². The molecule has 15 heavy (non-hydrogen) atoms. The van der Waals surface area contributed by atoms with Crippen molar-refractivity contribution in [3.63, 3.8) is 0 Å². The van der Waals surface area contributed by atoms with Crippen LogP contribution in [0.15, 0.2) is 15.5 Å². The number of rotatable bonds is 3. The molecule has 80 valence electrons. The van der Waals surface area contributed by atoms with Crippen LogP contribution in [0.2, 0.25) is 0 Å². The number of nitrogens with one attached hydrogen (secondary N) is 1. The SMILES string of the molecule is CNC(c1cscn1)c1c(Br)nnn1C. The van der Waals surface area contributed by atoms with Crippen LogP contribution in [0.4, 0.5) is 0 Å². The van der Waals surface area contributed by atoms with E-state index in [0.29, 0.717) is 0 Å². The van der Waals surface area contributed by atoms with Crippen molar-refractivity contribution < 1.29 is 0 Å². The molecule has 0 spiro atoms. The lowest BCUT2D eigenvalue weighted by atomic mass is 10.2. The highest BCUT2D eigenvalue weighted by Crippen LogP contribution is 2.25. The van der Waals surface area contributed by atoms with Crippen LogP contribution in [0, 0.1) is 0 Å². The third kappa shape index (κ3) is 1.95. The zero-order valence-corrected chi connectivity index (χ0v) is 10.7. The number of nitrogens with zero attached hydrogens (tertiary/aromatic N) is 4. The van der Waals surface area contributed by atoms with Crippen molar-refractivity contribution in [2.24, 2.45) is 7.05 Å². The second-order valence-corrected chi connectivity index (χ2v) is 4.49. The summed E-state index contributed by atoms with van der Waals surface area (Å²) in [6, 6.07) is 0.0191. The highest BCUT2D eigenvalue weighted by molar-refractivity contribution is 9.10. The number of aromatic nitrogens is 4. The van der Waals surface area contributed by atoms with Gasteiger partial charge in [0, 0.05) is 12.4 Å². The van der Waals surface area contributed by atoms with E-state index in [1.54, 1.807) is 16.0 Å². The van der Waals surface area contributed by atoms with Gasteiger partial charge in [-0.1, -0.05) is 5.21 Å². The summed E-state index contributed by atoms with van der Waals surface area (Å²) in [6.45, 7) is 0. The Morgan fingerprint density at radius 3 is 2.87 bits per heavy atom. The van der Waals surface area contributed by atoms with Crippen molar-refractivity contribution in [2.45, 2.75) is 6.04 Å². The highest BCUT2D eigenvalue weighted by Gasteiger charge is 2.21. The van der Waals surface area contributed by atoms with Gasteiger partial charge in [0.1, 0.15) is 0 Å². The fourth-order valence-electron chi connectivity index (χ4n) is 1.43. The molecule has 0 saturated heterocycles. The lowest BCUT2D eigenvalue weighted by Crippen LogP contribution is -2.21. The molecular formula is C8H10BrN5S. The highest BCUT2D eigenvalue weighted by atomic mass is 79.9. The molecule has 1 atom stereocenters. The van der Waals surface area contributed by atoms with Crippen molar-refractivity contribution >= 4 is 27.3 Å². The number of halogens is 1. The normalized spacial score (nSPS) is 13.0. The molecule has 0 amide bonds. The van der Waals surface area contributed by atoms with E-state index in [4.69, 9.17) is 0 Å². The summed E-state index contributed by atoms with van der Waals surface area (Å²) in [6.07, 6.45) is 0. The molecule has 2 heterocycles. The molecule has 0 radical (unpaired) electrons. The average molecular weight is 288 g/mol. The number of hydrogen-bond donors (Lipinski definition) is 1. The van der Waals surface area contributed by atoms with Gasteiger partial charge < -0.3 is 5.32 Å². The van der Waals surface area contributed by atoms with Crippen molar-refractivity contribution in [3.05, 3.63) is 26.9 Å². The minimum atomic E-state index is 0.0191. The van der Waals surface area contributed by atoms with Gasteiger partial charge in [-0.15, -0.1) is 16.4 Å². The van der Waals surface area contributed by atoms with Crippen LogP contribution >= 0.6 is 27.3 Å². The first-order valence-electron chi connectivity index (χ1n) is 4.34. The first-order chi connectivity index (χ1) is 7.24. The minimum Gasteiger partial charge on any atom is -0.307 e. The molecule has 2 rings (SSSR count). The largest absolute Gasteiger partial charge is 0.307 e. The fourth-order valence-corrected chi connectivity index (χ4v) is 2.57. The van der Waals surface area contributed by atoms with Gasteiger partial charge in [0.25, 0.3) is 0 Å². The Morgan fingerprint density at radius 2 is 2.40 bits per heavy atom. The molecular weight excluding hydrogens is 278 g/mol. The van der Waals surface area contributed by atoms with E-state index >= 15 is 0 Å². The third-order valence-corrected chi connectivity index (χ3v) is 3.31. The van der Waals surface area contributed by atoms with E-state index in [9.17, 15) is 0 Å². The molecule has 0 aliphatic rings. The second-order valence-electron chi connectivity index (χ2n) is 3.02. The number of aryl methyl sites for hydroxylation is 1. The molecule has 2 aromatic heterocycles. The molecule has 7 heteroatoms. The molecule has 5 nitrogen and oxygen atoms in total. The van der Waals surface area contributed by atoms with Crippen LogP contribution < -0.4 is 5.32 Å². The van der Waals surface area contributed by atoms with Crippen LogP contribution in [0.1, 0.15) is 17.4 Å². The van der Waals surface area contributed by atoms with Crippen LogP contribution in [-0.4, -0.2) is 27.0 Å². The van der Waals surface area contributed by atoms with Gasteiger partial charge in [-0.2, -0.15) is 0 Å². The zero-order valence-electron chi connectivity index (χ0n) is 8.31. The summed E-state index contributed by atoms with van der Waals surface area (Å²) in [7, 11) is 3.76. The van der Waals surface area contributed by atoms with E-state index in [2.05, 4.69) is 36.5 Å². The summed E-state index contributed by atoms with van der Waals surface area (Å²) in [5.74, 6) is 0. The molecule has 2 aromatic rings. The molecule has 0 fully saturated rings. The van der Waals surface area contributed by atoms with E-state index < -0.39 is 0 Å². The average Bonchev–Trinajstić information content (AvgIpc) is 2.83. The van der Waals surface area contributed by atoms with Gasteiger partial charge in [0.15, 0.2) is 4.60 Å². The second kappa shape index (κ2) is 4.38. The first kappa shape index (κ1) is 10.7. The Morgan fingerprint density at radius 1 is 1.60 bits per heavy atom. The molecule has 1 unspecified atom stereocenters. The maximum atomic E-state index is 4.29. The van der Waals surface area contributed by atoms with Gasteiger partial charge >= 0.3 is 0 Å². The molecule has 1 N–H and O–H groups in total. The van der Waals surface area contributed by atoms with Crippen molar-refractivity contribution in [1.29, 1.82) is 0 Å². The van der Waals surface area contributed by atoms with Crippen LogP contribution in [0.25, 0.3) is 0 Å². The summed E-state index contributed by atoms with van der Waals surface area (Å²) in [5.41, 5.74) is 3.77. The smallest absolute Gasteiger partial charge is 0.153 e. The topological polar surface area (TPSA) is 55.6 Å². The van der Waals surface area contributed by atoms with Gasteiger partial charge in [0.05, 0.1) is 22.9 Å². The fraction of sp³-hybridized carbons (Fsp3) is 0.375. The van der Waals surface area contributed by atoms with Crippen LogP contribution in [-0.2, 0) is 7.05 Å². The van der Waals surface area contributed by atoms with Gasteiger partial charge in [0.2, 0.25) is 0 Å². The number of thiazole rings is 1. The standard InChI is InChI=1S/C8H10BrN5S/c1-10-6(5-3-15-4-11-5)7-8(9)12-13-14(7)2/h3-4,6,10H,1-2H3. The molecule has 0 saturated carbocycles. The van der Waals surface area contributed by atoms with Crippen LogP contribution in [0.3, 0.4) is 0 Å². The Labute approximate surface area is 99.7 Å².